The first kappa shape index (κ1) is 22.4. The molecule has 2 heterocycles. The molecule has 1 fully saturated rings. The van der Waals surface area contributed by atoms with Crippen LogP contribution in [0.2, 0.25) is 0 Å². The SMILES string of the molecule is CCOc1ccc([C@@H]2[C@@H](C(=O)c3ccc(C)cc3)N3C=Cc4ccccc4[C@@H]3C2(C#N)C#N)cc1. The minimum absolute atomic E-state index is 0.106. The molecule has 3 aromatic carbocycles. The van der Waals surface area contributed by atoms with E-state index in [1.807, 2.05) is 104 Å². The van der Waals surface area contributed by atoms with Gasteiger partial charge in [0, 0.05) is 17.7 Å². The number of hydrogen-bond donors (Lipinski definition) is 0. The van der Waals surface area contributed by atoms with Gasteiger partial charge >= 0.3 is 0 Å². The third kappa shape index (κ3) is 3.49. The molecule has 2 aliphatic rings. The maximum Gasteiger partial charge on any atom is 0.185 e. The number of nitrogens with zero attached hydrogens (tertiary/aromatic N) is 3. The van der Waals surface area contributed by atoms with Gasteiger partial charge < -0.3 is 9.64 Å². The van der Waals surface area contributed by atoms with Crippen molar-refractivity contribution in [3.8, 4) is 17.9 Å². The van der Waals surface area contributed by atoms with Crippen LogP contribution in [0.5, 0.6) is 5.75 Å². The van der Waals surface area contributed by atoms with Crippen molar-refractivity contribution in [2.75, 3.05) is 6.61 Å². The summed E-state index contributed by atoms with van der Waals surface area (Å²) in [6, 6.07) is 26.2. The van der Waals surface area contributed by atoms with Crippen LogP contribution in [0.15, 0.2) is 79.0 Å². The summed E-state index contributed by atoms with van der Waals surface area (Å²) in [5, 5.41) is 21.2. The molecule has 0 saturated carbocycles. The van der Waals surface area contributed by atoms with Gasteiger partial charge in [-0.3, -0.25) is 4.79 Å². The van der Waals surface area contributed by atoms with Crippen LogP contribution >= 0.6 is 0 Å². The number of ketones is 1. The fraction of sp³-hybridized carbons (Fsp3) is 0.233. The Bertz CT molecular complexity index is 1360. The summed E-state index contributed by atoms with van der Waals surface area (Å²) in [5.41, 5.74) is 2.75. The molecule has 5 nitrogen and oxygen atoms in total. The van der Waals surface area contributed by atoms with E-state index in [0.29, 0.717) is 17.9 Å². The Morgan fingerprint density at radius 3 is 2.34 bits per heavy atom. The second-order valence-electron chi connectivity index (χ2n) is 9.04. The lowest BCUT2D eigenvalue weighted by molar-refractivity contribution is 0.0874. The lowest BCUT2D eigenvalue weighted by atomic mass is 9.67. The molecule has 172 valence electrons. The molecule has 3 aromatic rings. The van der Waals surface area contributed by atoms with E-state index in [4.69, 9.17) is 4.74 Å². The van der Waals surface area contributed by atoms with Crippen LogP contribution in [0.25, 0.3) is 6.08 Å². The van der Waals surface area contributed by atoms with Crippen LogP contribution in [-0.2, 0) is 0 Å². The fourth-order valence-corrected chi connectivity index (χ4v) is 5.49. The van der Waals surface area contributed by atoms with Gasteiger partial charge in [0.05, 0.1) is 24.8 Å². The second kappa shape index (κ2) is 8.78. The normalized spacial score (nSPS) is 21.4. The minimum atomic E-state index is -1.47. The van der Waals surface area contributed by atoms with Crippen molar-refractivity contribution in [3.05, 3.63) is 107 Å². The summed E-state index contributed by atoms with van der Waals surface area (Å²) in [7, 11) is 0. The van der Waals surface area contributed by atoms with E-state index in [1.165, 1.54) is 0 Å². The van der Waals surface area contributed by atoms with Crippen LogP contribution in [0.4, 0.5) is 0 Å². The minimum Gasteiger partial charge on any atom is -0.494 e. The highest BCUT2D eigenvalue weighted by atomic mass is 16.5. The standard InChI is InChI=1S/C30H25N3O2/c1-3-35-24-14-12-22(13-15-24)26-27(28(34)23-10-8-20(2)9-11-23)33-17-16-21-6-4-5-7-25(21)29(33)30(26,18-31)19-32/h4-17,26-27,29H,3H2,1-2H3/t26-,27+,29-/m1/s1. The quantitative estimate of drug-likeness (QED) is 0.451. The van der Waals surface area contributed by atoms with Gasteiger partial charge in [-0.15, -0.1) is 0 Å². The maximum atomic E-state index is 14.1. The fourth-order valence-electron chi connectivity index (χ4n) is 5.49. The molecule has 3 atom stereocenters. The van der Waals surface area contributed by atoms with Gasteiger partial charge in [0.25, 0.3) is 0 Å². The number of hydrogen-bond acceptors (Lipinski definition) is 5. The van der Waals surface area contributed by atoms with Crippen molar-refractivity contribution in [2.24, 2.45) is 5.41 Å². The van der Waals surface area contributed by atoms with Crippen LogP contribution in [0, 0.1) is 35.0 Å². The Labute approximate surface area is 205 Å². The highest BCUT2D eigenvalue weighted by Crippen LogP contribution is 2.60. The number of rotatable bonds is 5. The van der Waals surface area contributed by atoms with Crippen molar-refractivity contribution in [3.63, 3.8) is 0 Å². The third-order valence-electron chi connectivity index (χ3n) is 7.10. The lowest BCUT2D eigenvalue weighted by Gasteiger charge is -2.34. The lowest BCUT2D eigenvalue weighted by Crippen LogP contribution is -2.37. The van der Waals surface area contributed by atoms with Gasteiger partial charge in [-0.2, -0.15) is 10.5 Å². The number of benzene rings is 3. The van der Waals surface area contributed by atoms with Crippen molar-refractivity contribution >= 4 is 11.9 Å². The number of carbonyl (C=O) groups is 1. The molecule has 2 aliphatic heterocycles. The van der Waals surface area contributed by atoms with Gasteiger partial charge in [0.1, 0.15) is 11.8 Å². The molecule has 0 unspecified atom stereocenters. The summed E-state index contributed by atoms with van der Waals surface area (Å²) >= 11 is 0. The summed E-state index contributed by atoms with van der Waals surface area (Å²) in [4.78, 5) is 16.0. The van der Waals surface area contributed by atoms with E-state index in [9.17, 15) is 15.3 Å². The Morgan fingerprint density at radius 1 is 1.00 bits per heavy atom. The van der Waals surface area contributed by atoms with Gasteiger partial charge in [-0.25, -0.2) is 0 Å². The highest BCUT2D eigenvalue weighted by Gasteiger charge is 2.63. The van der Waals surface area contributed by atoms with Gasteiger partial charge in [-0.1, -0.05) is 66.2 Å². The molecule has 5 rings (SSSR count). The van der Waals surface area contributed by atoms with Gasteiger partial charge in [0.15, 0.2) is 11.2 Å². The van der Waals surface area contributed by atoms with E-state index in [2.05, 4.69) is 12.1 Å². The first-order valence-electron chi connectivity index (χ1n) is 11.7. The first-order valence-corrected chi connectivity index (χ1v) is 11.7. The van der Waals surface area contributed by atoms with E-state index in [-0.39, 0.29) is 5.78 Å². The summed E-state index contributed by atoms with van der Waals surface area (Å²) in [6.07, 6.45) is 3.84. The Balaban J connectivity index is 1.72. The van der Waals surface area contributed by atoms with Gasteiger partial charge in [0.2, 0.25) is 0 Å². The first-order chi connectivity index (χ1) is 17.0. The number of carbonyl (C=O) groups excluding carboxylic acids is 1. The Hall–Kier alpha value is -4.35. The number of nitriles is 2. The molecule has 0 aromatic heterocycles. The third-order valence-corrected chi connectivity index (χ3v) is 7.10. The van der Waals surface area contributed by atoms with Gasteiger partial charge in [-0.05, 0) is 48.7 Å². The Morgan fingerprint density at radius 2 is 1.69 bits per heavy atom. The predicted molar refractivity (Wildman–Crippen MR) is 133 cm³/mol. The van der Waals surface area contributed by atoms with Crippen molar-refractivity contribution in [1.29, 1.82) is 10.5 Å². The zero-order chi connectivity index (χ0) is 24.6. The number of fused-ring (bicyclic) bond motifs is 3. The van der Waals surface area contributed by atoms with Crippen molar-refractivity contribution in [2.45, 2.75) is 31.8 Å². The molecule has 0 spiro atoms. The van der Waals surface area contributed by atoms with Crippen LogP contribution in [-0.4, -0.2) is 23.3 Å². The summed E-state index contributed by atoms with van der Waals surface area (Å²) in [6.45, 7) is 4.43. The van der Waals surface area contributed by atoms with E-state index in [0.717, 1.165) is 22.3 Å². The summed E-state index contributed by atoms with van der Waals surface area (Å²) < 4.78 is 5.61. The molecule has 35 heavy (non-hydrogen) atoms. The second-order valence-corrected chi connectivity index (χ2v) is 9.04. The van der Waals surface area contributed by atoms with Crippen LogP contribution in [0.1, 0.15) is 51.5 Å². The summed E-state index contributed by atoms with van der Waals surface area (Å²) in [5.74, 6) is -0.0637. The monoisotopic (exact) mass is 459 g/mol. The smallest absolute Gasteiger partial charge is 0.185 e. The Kier molecular flexibility index (Phi) is 5.63. The predicted octanol–water partition coefficient (Wildman–Crippen LogP) is 5.80. The largest absolute Gasteiger partial charge is 0.494 e. The van der Waals surface area contributed by atoms with Crippen molar-refractivity contribution in [1.82, 2.24) is 4.90 Å². The number of Topliss-reactive ketones (excluding diaryl/α,β-unsaturated/α-hetero) is 1. The maximum absolute atomic E-state index is 14.1. The van der Waals surface area contributed by atoms with E-state index < -0.39 is 23.4 Å². The highest BCUT2D eigenvalue weighted by molar-refractivity contribution is 6.01. The molecular weight excluding hydrogens is 434 g/mol. The molecule has 5 heteroatoms. The van der Waals surface area contributed by atoms with E-state index >= 15 is 0 Å². The zero-order valence-electron chi connectivity index (χ0n) is 19.7. The molecule has 0 amide bonds. The van der Waals surface area contributed by atoms with Crippen molar-refractivity contribution < 1.29 is 9.53 Å². The topological polar surface area (TPSA) is 77.1 Å². The van der Waals surface area contributed by atoms with Crippen LogP contribution in [0.3, 0.4) is 0 Å². The molecule has 1 saturated heterocycles. The molecule has 0 N–H and O–H groups in total. The number of aryl methyl sites for hydroxylation is 1. The average Bonchev–Trinajstić information content (AvgIpc) is 3.20. The molecule has 0 bridgehead atoms. The average molecular weight is 460 g/mol. The zero-order valence-corrected chi connectivity index (χ0v) is 19.7. The molecular formula is C30H25N3O2. The van der Waals surface area contributed by atoms with Crippen LogP contribution < -0.4 is 4.74 Å². The van der Waals surface area contributed by atoms with E-state index in [1.54, 1.807) is 0 Å². The molecule has 0 radical (unpaired) electrons. The number of ether oxygens (including phenoxy) is 1. The molecule has 0 aliphatic carbocycles.